The summed E-state index contributed by atoms with van der Waals surface area (Å²) in [5, 5.41) is 3.43. The van der Waals surface area contributed by atoms with Crippen molar-refractivity contribution >= 4 is 28.5 Å². The molecule has 0 aliphatic carbocycles. The number of carbonyl (C=O) groups excluding carboxylic acids is 1. The van der Waals surface area contributed by atoms with Gasteiger partial charge in [-0.25, -0.2) is 4.99 Å². The summed E-state index contributed by atoms with van der Waals surface area (Å²) in [5.74, 6) is 0.0362. The maximum atomic E-state index is 11.3. The molecule has 3 nitrogen and oxygen atoms in total. The summed E-state index contributed by atoms with van der Waals surface area (Å²) in [6.07, 6.45) is 0. The van der Waals surface area contributed by atoms with E-state index in [1.54, 1.807) is 0 Å². The molecular weight excluding hydrogens is 220 g/mol. The summed E-state index contributed by atoms with van der Waals surface area (Å²) >= 11 is 1.47. The van der Waals surface area contributed by atoms with Crippen molar-refractivity contribution in [1.82, 2.24) is 5.32 Å². The molecular formula is C12H14N2OS. The van der Waals surface area contributed by atoms with Crippen LogP contribution in [0.4, 0.5) is 5.69 Å². The molecule has 16 heavy (non-hydrogen) atoms. The van der Waals surface area contributed by atoms with Gasteiger partial charge in [-0.1, -0.05) is 23.9 Å². The highest BCUT2D eigenvalue weighted by atomic mass is 32.2. The molecule has 0 unspecified atom stereocenters. The lowest BCUT2D eigenvalue weighted by molar-refractivity contribution is -0.118. The Morgan fingerprint density at radius 3 is 2.75 bits per heavy atom. The Bertz CT molecular complexity index is 468. The Labute approximate surface area is 99.3 Å². The maximum absolute atomic E-state index is 11.3. The van der Waals surface area contributed by atoms with E-state index in [0.29, 0.717) is 5.17 Å². The number of aryl methyl sites for hydroxylation is 2. The Morgan fingerprint density at radius 1 is 1.38 bits per heavy atom. The lowest BCUT2D eigenvalue weighted by atomic mass is 10.1. The van der Waals surface area contributed by atoms with Gasteiger partial charge in [-0.05, 0) is 38.0 Å². The predicted octanol–water partition coefficient (Wildman–Crippen LogP) is 2.54. The van der Waals surface area contributed by atoms with Gasteiger partial charge in [0.05, 0.1) is 10.9 Å². The van der Waals surface area contributed by atoms with E-state index in [9.17, 15) is 4.79 Å². The summed E-state index contributed by atoms with van der Waals surface area (Å²) < 4.78 is 0. The second kappa shape index (κ2) is 4.29. The number of nitrogens with zero attached hydrogens (tertiary/aromatic N) is 1. The second-order valence-corrected chi connectivity index (χ2v) is 5.29. The normalized spacial score (nSPS) is 22.6. The third kappa shape index (κ3) is 2.27. The zero-order valence-electron chi connectivity index (χ0n) is 9.57. The smallest absolute Gasteiger partial charge is 0.239 e. The molecule has 1 aliphatic heterocycles. The fourth-order valence-electron chi connectivity index (χ4n) is 1.46. The molecule has 0 radical (unpaired) electrons. The zero-order valence-corrected chi connectivity index (χ0v) is 10.4. The second-order valence-electron chi connectivity index (χ2n) is 3.96. The molecule has 1 aliphatic rings. The van der Waals surface area contributed by atoms with E-state index in [4.69, 9.17) is 0 Å². The van der Waals surface area contributed by atoms with Gasteiger partial charge in [-0.2, -0.15) is 0 Å². The van der Waals surface area contributed by atoms with Gasteiger partial charge < -0.3 is 5.32 Å². The molecule has 0 saturated carbocycles. The van der Waals surface area contributed by atoms with Crippen LogP contribution in [0.15, 0.2) is 23.2 Å². The van der Waals surface area contributed by atoms with Gasteiger partial charge in [0, 0.05) is 0 Å². The Hall–Kier alpha value is -1.29. The average molecular weight is 234 g/mol. The van der Waals surface area contributed by atoms with Crippen LogP contribution in [0.2, 0.25) is 0 Å². The summed E-state index contributed by atoms with van der Waals surface area (Å²) in [5.41, 5.74) is 3.22. The third-order valence-electron chi connectivity index (χ3n) is 2.47. The molecule has 1 heterocycles. The van der Waals surface area contributed by atoms with E-state index in [1.165, 1.54) is 17.3 Å². The number of hydrogen-bond acceptors (Lipinski definition) is 3. The van der Waals surface area contributed by atoms with Gasteiger partial charge in [-0.3, -0.25) is 4.79 Å². The van der Waals surface area contributed by atoms with Crippen LogP contribution in [-0.4, -0.2) is 16.3 Å². The van der Waals surface area contributed by atoms with Gasteiger partial charge in [0.1, 0.15) is 0 Å². The Morgan fingerprint density at radius 2 is 2.12 bits per heavy atom. The number of rotatable bonds is 1. The van der Waals surface area contributed by atoms with Gasteiger partial charge in [0.25, 0.3) is 0 Å². The molecule has 84 valence electrons. The van der Waals surface area contributed by atoms with Gasteiger partial charge in [-0.15, -0.1) is 0 Å². The Kier molecular flexibility index (Phi) is 3.01. The monoisotopic (exact) mass is 234 g/mol. The maximum Gasteiger partial charge on any atom is 0.239 e. The first-order valence-corrected chi connectivity index (χ1v) is 6.07. The molecule has 1 N–H and O–H groups in total. The Balaban J connectivity index is 2.30. The SMILES string of the molecule is Cc1ccc(C)c(N=C2NC(=O)[C@@H](C)S2)c1. The van der Waals surface area contributed by atoms with Crippen LogP contribution in [0, 0.1) is 13.8 Å². The van der Waals surface area contributed by atoms with Crippen LogP contribution in [0.1, 0.15) is 18.1 Å². The number of amides is 1. The van der Waals surface area contributed by atoms with E-state index in [2.05, 4.69) is 16.4 Å². The molecule has 0 spiro atoms. The third-order valence-corrected chi connectivity index (χ3v) is 3.46. The van der Waals surface area contributed by atoms with Crippen LogP contribution in [0.25, 0.3) is 0 Å². The van der Waals surface area contributed by atoms with Crippen LogP contribution < -0.4 is 5.32 Å². The summed E-state index contributed by atoms with van der Waals surface area (Å²) in [6, 6.07) is 6.12. The number of aliphatic imine (C=N–C) groups is 1. The summed E-state index contributed by atoms with van der Waals surface area (Å²) in [7, 11) is 0. The van der Waals surface area contributed by atoms with Crippen molar-refractivity contribution in [1.29, 1.82) is 0 Å². The number of amidine groups is 1. The highest BCUT2D eigenvalue weighted by Gasteiger charge is 2.25. The van der Waals surface area contributed by atoms with Crippen molar-refractivity contribution in [2.75, 3.05) is 0 Å². The van der Waals surface area contributed by atoms with Crippen molar-refractivity contribution in [2.45, 2.75) is 26.0 Å². The summed E-state index contributed by atoms with van der Waals surface area (Å²) in [4.78, 5) is 15.8. The standard InChI is InChI=1S/C12H14N2OS/c1-7-4-5-8(2)10(6-7)13-12-14-11(15)9(3)16-12/h4-6,9H,1-3H3,(H,13,14,15)/t9-/m1/s1. The number of carbonyl (C=O) groups is 1. The highest BCUT2D eigenvalue weighted by molar-refractivity contribution is 8.15. The van der Waals surface area contributed by atoms with Crippen molar-refractivity contribution in [3.8, 4) is 0 Å². The zero-order chi connectivity index (χ0) is 11.7. The van der Waals surface area contributed by atoms with E-state index < -0.39 is 0 Å². The first-order chi connectivity index (χ1) is 7.56. The fourth-order valence-corrected chi connectivity index (χ4v) is 2.27. The minimum absolute atomic E-state index is 0.0362. The van der Waals surface area contributed by atoms with Crippen LogP contribution in [-0.2, 0) is 4.79 Å². The van der Waals surface area contributed by atoms with Gasteiger partial charge in [0.15, 0.2) is 5.17 Å². The van der Waals surface area contributed by atoms with E-state index in [-0.39, 0.29) is 11.2 Å². The minimum Gasteiger partial charge on any atom is -0.304 e. The van der Waals surface area contributed by atoms with E-state index in [1.807, 2.05) is 32.9 Å². The molecule has 0 aromatic heterocycles. The minimum atomic E-state index is -0.0381. The number of thioether (sulfide) groups is 1. The van der Waals surface area contributed by atoms with Crippen LogP contribution in [0.5, 0.6) is 0 Å². The lowest BCUT2D eigenvalue weighted by Crippen LogP contribution is -2.23. The van der Waals surface area contributed by atoms with Crippen LogP contribution >= 0.6 is 11.8 Å². The molecule has 1 aromatic carbocycles. The molecule has 1 aromatic rings. The fraction of sp³-hybridized carbons (Fsp3) is 0.333. The molecule has 2 rings (SSSR count). The number of nitrogens with one attached hydrogen (secondary N) is 1. The summed E-state index contributed by atoms with van der Waals surface area (Å²) in [6.45, 7) is 5.93. The van der Waals surface area contributed by atoms with Crippen LogP contribution in [0.3, 0.4) is 0 Å². The first kappa shape index (κ1) is 11.2. The number of benzene rings is 1. The molecule has 1 atom stereocenters. The first-order valence-electron chi connectivity index (χ1n) is 5.20. The van der Waals surface area contributed by atoms with Gasteiger partial charge in [0.2, 0.25) is 5.91 Å². The van der Waals surface area contributed by atoms with Gasteiger partial charge >= 0.3 is 0 Å². The molecule has 4 heteroatoms. The molecule has 1 saturated heterocycles. The lowest BCUT2D eigenvalue weighted by Gasteiger charge is -2.02. The largest absolute Gasteiger partial charge is 0.304 e. The number of hydrogen-bond donors (Lipinski definition) is 1. The topological polar surface area (TPSA) is 41.5 Å². The van der Waals surface area contributed by atoms with Crippen molar-refractivity contribution in [2.24, 2.45) is 4.99 Å². The van der Waals surface area contributed by atoms with E-state index in [0.717, 1.165) is 11.3 Å². The molecule has 1 fully saturated rings. The average Bonchev–Trinajstić information content (AvgIpc) is 2.52. The molecule has 1 amide bonds. The van der Waals surface area contributed by atoms with Crippen molar-refractivity contribution in [3.05, 3.63) is 29.3 Å². The van der Waals surface area contributed by atoms with Crippen molar-refractivity contribution in [3.63, 3.8) is 0 Å². The van der Waals surface area contributed by atoms with Crippen molar-refractivity contribution < 1.29 is 4.79 Å². The highest BCUT2D eigenvalue weighted by Crippen LogP contribution is 2.25. The molecule has 0 bridgehead atoms. The van der Waals surface area contributed by atoms with E-state index >= 15 is 0 Å². The predicted molar refractivity (Wildman–Crippen MR) is 68.2 cm³/mol. The quantitative estimate of drug-likeness (QED) is 0.811.